The third-order valence-corrected chi connectivity index (χ3v) is 4.08. The molecule has 0 aromatic heterocycles. The van der Waals surface area contributed by atoms with Gasteiger partial charge in [0.25, 0.3) is 0 Å². The van der Waals surface area contributed by atoms with Crippen molar-refractivity contribution in [2.75, 3.05) is 11.5 Å². The summed E-state index contributed by atoms with van der Waals surface area (Å²) < 4.78 is 0. The fourth-order valence-electron chi connectivity index (χ4n) is 2.10. The molecule has 0 saturated heterocycles. The van der Waals surface area contributed by atoms with Crippen molar-refractivity contribution in [3.05, 3.63) is 0 Å². The Morgan fingerprint density at radius 1 is 1.46 bits per heavy atom. The van der Waals surface area contributed by atoms with E-state index in [1.807, 2.05) is 11.8 Å². The molecule has 1 aliphatic rings. The number of thioether (sulfide) groups is 1. The average molecular weight is 201 g/mol. The van der Waals surface area contributed by atoms with Gasteiger partial charge in [0.2, 0.25) is 0 Å². The van der Waals surface area contributed by atoms with E-state index in [9.17, 15) is 0 Å². The van der Waals surface area contributed by atoms with Crippen LogP contribution in [0.1, 0.15) is 40.0 Å². The van der Waals surface area contributed by atoms with Gasteiger partial charge < -0.3 is 5.32 Å². The molecule has 78 valence electrons. The number of nitrogens with one attached hydrogen (secondary N) is 1. The summed E-state index contributed by atoms with van der Waals surface area (Å²) in [5.41, 5.74) is 0. The van der Waals surface area contributed by atoms with Gasteiger partial charge in [-0.1, -0.05) is 20.3 Å². The minimum atomic E-state index is 0.690. The summed E-state index contributed by atoms with van der Waals surface area (Å²) in [6.07, 6.45) is 4.24. The van der Waals surface area contributed by atoms with Gasteiger partial charge in [-0.2, -0.15) is 11.8 Å². The summed E-state index contributed by atoms with van der Waals surface area (Å²) in [6, 6.07) is 1.49. The summed E-state index contributed by atoms with van der Waals surface area (Å²) >= 11 is 2.04. The molecule has 0 aromatic rings. The standard InChI is InChI=1S/C11H23NS/c1-4-13-8-10(3)12-11-7-5-6-9(11)2/h9-12H,4-8H2,1-3H3. The topological polar surface area (TPSA) is 12.0 Å². The Kier molecular flexibility index (Phi) is 5.18. The van der Waals surface area contributed by atoms with E-state index < -0.39 is 0 Å². The van der Waals surface area contributed by atoms with Crippen molar-refractivity contribution in [2.45, 2.75) is 52.1 Å². The molecular weight excluding hydrogens is 178 g/mol. The van der Waals surface area contributed by atoms with Crippen molar-refractivity contribution in [3.63, 3.8) is 0 Å². The molecule has 13 heavy (non-hydrogen) atoms. The van der Waals surface area contributed by atoms with Crippen LogP contribution >= 0.6 is 11.8 Å². The van der Waals surface area contributed by atoms with Crippen LogP contribution in [0, 0.1) is 5.92 Å². The summed E-state index contributed by atoms with van der Waals surface area (Å²) in [6.45, 7) is 6.92. The minimum Gasteiger partial charge on any atom is -0.310 e. The molecule has 2 heteroatoms. The third-order valence-electron chi connectivity index (χ3n) is 2.93. The maximum absolute atomic E-state index is 3.74. The van der Waals surface area contributed by atoms with Gasteiger partial charge in [-0.25, -0.2) is 0 Å². The maximum atomic E-state index is 3.74. The van der Waals surface area contributed by atoms with E-state index in [1.54, 1.807) is 0 Å². The van der Waals surface area contributed by atoms with Gasteiger partial charge in [-0.05, 0) is 31.4 Å². The van der Waals surface area contributed by atoms with Crippen molar-refractivity contribution in [1.29, 1.82) is 0 Å². The Morgan fingerprint density at radius 3 is 2.77 bits per heavy atom. The van der Waals surface area contributed by atoms with E-state index in [1.165, 1.54) is 30.8 Å². The molecular formula is C11H23NS. The zero-order chi connectivity index (χ0) is 9.68. The summed E-state index contributed by atoms with van der Waals surface area (Å²) in [4.78, 5) is 0. The van der Waals surface area contributed by atoms with Gasteiger partial charge in [0.15, 0.2) is 0 Å². The average Bonchev–Trinajstić information content (AvgIpc) is 2.48. The highest BCUT2D eigenvalue weighted by Gasteiger charge is 2.23. The molecule has 1 N–H and O–H groups in total. The number of hydrogen-bond donors (Lipinski definition) is 1. The first-order valence-corrected chi connectivity index (χ1v) is 6.73. The molecule has 1 nitrogen and oxygen atoms in total. The molecule has 3 unspecified atom stereocenters. The van der Waals surface area contributed by atoms with Crippen LogP contribution < -0.4 is 5.32 Å². The monoisotopic (exact) mass is 201 g/mol. The zero-order valence-electron chi connectivity index (χ0n) is 9.18. The van der Waals surface area contributed by atoms with Crippen LogP contribution in [-0.4, -0.2) is 23.6 Å². The van der Waals surface area contributed by atoms with Crippen LogP contribution in [-0.2, 0) is 0 Å². The first-order chi connectivity index (χ1) is 6.24. The maximum Gasteiger partial charge on any atom is 0.0132 e. The second-order valence-electron chi connectivity index (χ2n) is 4.24. The highest BCUT2D eigenvalue weighted by Crippen LogP contribution is 2.25. The van der Waals surface area contributed by atoms with Crippen molar-refractivity contribution in [3.8, 4) is 0 Å². The first-order valence-electron chi connectivity index (χ1n) is 5.57. The minimum absolute atomic E-state index is 0.690. The van der Waals surface area contributed by atoms with Crippen molar-refractivity contribution >= 4 is 11.8 Å². The molecule has 1 rings (SSSR count). The van der Waals surface area contributed by atoms with E-state index in [0.29, 0.717) is 6.04 Å². The largest absolute Gasteiger partial charge is 0.310 e. The Hall–Kier alpha value is 0.310. The molecule has 0 spiro atoms. The lowest BCUT2D eigenvalue weighted by atomic mass is 10.1. The second-order valence-corrected chi connectivity index (χ2v) is 5.56. The van der Waals surface area contributed by atoms with Gasteiger partial charge >= 0.3 is 0 Å². The number of rotatable bonds is 5. The number of hydrogen-bond acceptors (Lipinski definition) is 2. The quantitative estimate of drug-likeness (QED) is 0.734. The Morgan fingerprint density at radius 2 is 2.23 bits per heavy atom. The van der Waals surface area contributed by atoms with Gasteiger partial charge in [-0.15, -0.1) is 0 Å². The highest BCUT2D eigenvalue weighted by molar-refractivity contribution is 7.99. The van der Waals surface area contributed by atoms with Crippen LogP contribution in [0.2, 0.25) is 0 Å². The van der Waals surface area contributed by atoms with E-state index in [2.05, 4.69) is 26.1 Å². The highest BCUT2D eigenvalue weighted by atomic mass is 32.2. The van der Waals surface area contributed by atoms with Gasteiger partial charge in [0, 0.05) is 17.8 Å². The Bertz CT molecular complexity index is 138. The molecule has 0 aromatic carbocycles. The fourth-order valence-corrected chi connectivity index (χ4v) is 2.79. The molecule has 1 saturated carbocycles. The van der Waals surface area contributed by atoms with E-state index in [0.717, 1.165) is 12.0 Å². The molecule has 1 aliphatic carbocycles. The van der Waals surface area contributed by atoms with Crippen molar-refractivity contribution in [2.24, 2.45) is 5.92 Å². The first kappa shape index (κ1) is 11.4. The molecule has 1 fully saturated rings. The van der Waals surface area contributed by atoms with Crippen molar-refractivity contribution < 1.29 is 0 Å². The van der Waals surface area contributed by atoms with E-state index >= 15 is 0 Å². The normalized spacial score (nSPS) is 30.7. The Labute approximate surface area is 87.1 Å². The van der Waals surface area contributed by atoms with Crippen LogP contribution in [0.3, 0.4) is 0 Å². The van der Waals surface area contributed by atoms with Crippen LogP contribution in [0.4, 0.5) is 0 Å². The SMILES string of the molecule is CCSCC(C)NC1CCCC1C. The lowest BCUT2D eigenvalue weighted by Gasteiger charge is -2.22. The molecule has 0 bridgehead atoms. The van der Waals surface area contributed by atoms with Crippen LogP contribution in [0.15, 0.2) is 0 Å². The van der Waals surface area contributed by atoms with E-state index in [4.69, 9.17) is 0 Å². The smallest absolute Gasteiger partial charge is 0.0132 e. The molecule has 0 aliphatic heterocycles. The third kappa shape index (κ3) is 3.90. The molecule has 3 atom stereocenters. The van der Waals surface area contributed by atoms with Crippen LogP contribution in [0.25, 0.3) is 0 Å². The summed E-state index contributed by atoms with van der Waals surface area (Å²) in [5, 5.41) is 3.74. The van der Waals surface area contributed by atoms with E-state index in [-0.39, 0.29) is 0 Å². The molecule has 0 heterocycles. The molecule has 0 amide bonds. The van der Waals surface area contributed by atoms with Crippen LogP contribution in [0.5, 0.6) is 0 Å². The summed E-state index contributed by atoms with van der Waals surface area (Å²) in [7, 11) is 0. The lowest BCUT2D eigenvalue weighted by Crippen LogP contribution is -2.39. The van der Waals surface area contributed by atoms with Crippen molar-refractivity contribution in [1.82, 2.24) is 5.32 Å². The van der Waals surface area contributed by atoms with Gasteiger partial charge in [-0.3, -0.25) is 0 Å². The predicted molar refractivity (Wildman–Crippen MR) is 62.4 cm³/mol. The Balaban J connectivity index is 2.15. The molecule has 0 radical (unpaired) electrons. The second kappa shape index (κ2) is 5.92. The van der Waals surface area contributed by atoms with Gasteiger partial charge in [0.05, 0.1) is 0 Å². The zero-order valence-corrected chi connectivity index (χ0v) is 9.99. The fraction of sp³-hybridized carbons (Fsp3) is 1.00. The lowest BCUT2D eigenvalue weighted by molar-refractivity contribution is 0.398. The predicted octanol–water partition coefficient (Wildman–Crippen LogP) is 2.91. The van der Waals surface area contributed by atoms with Gasteiger partial charge in [0.1, 0.15) is 0 Å². The summed E-state index contributed by atoms with van der Waals surface area (Å²) in [5.74, 6) is 3.40.